The van der Waals surface area contributed by atoms with Gasteiger partial charge in [0.15, 0.2) is 0 Å². The van der Waals surface area contributed by atoms with E-state index in [2.05, 4.69) is 5.10 Å². The summed E-state index contributed by atoms with van der Waals surface area (Å²) in [6, 6.07) is 14.3. The number of aromatic nitrogens is 3. The third kappa shape index (κ3) is 4.88. The van der Waals surface area contributed by atoms with Gasteiger partial charge in [0.2, 0.25) is 0 Å². The highest BCUT2D eigenvalue weighted by Gasteiger charge is 2.21. The van der Waals surface area contributed by atoms with E-state index in [4.69, 9.17) is 0 Å². The van der Waals surface area contributed by atoms with Gasteiger partial charge in [-0.3, -0.25) is 9.36 Å². The maximum Gasteiger partial charge on any atom is 0.353 e. The van der Waals surface area contributed by atoms with E-state index in [0.29, 0.717) is 24.4 Å². The van der Waals surface area contributed by atoms with E-state index in [9.17, 15) is 19.5 Å². The summed E-state index contributed by atoms with van der Waals surface area (Å²) in [4.78, 5) is 37.0. The molecule has 7 heteroatoms. The first kappa shape index (κ1) is 23.2. The van der Waals surface area contributed by atoms with Crippen molar-refractivity contribution >= 4 is 11.9 Å². The molecule has 1 N–H and O–H groups in total. The normalized spacial score (nSPS) is 12.0. The molecule has 0 aliphatic carbocycles. The fourth-order valence-electron chi connectivity index (χ4n) is 3.60. The van der Waals surface area contributed by atoms with Crippen molar-refractivity contribution in [2.45, 2.75) is 58.9 Å². The van der Waals surface area contributed by atoms with Crippen LogP contribution in [-0.2, 0) is 6.54 Å². The van der Waals surface area contributed by atoms with Gasteiger partial charge in [-0.2, -0.15) is 0 Å². The summed E-state index contributed by atoms with van der Waals surface area (Å²) in [5.74, 6) is -0.623. The first-order chi connectivity index (χ1) is 15.4. The molecule has 168 valence electrons. The van der Waals surface area contributed by atoms with E-state index in [-0.39, 0.29) is 17.4 Å². The van der Waals surface area contributed by atoms with Gasteiger partial charge in [-0.05, 0) is 35.6 Å². The van der Waals surface area contributed by atoms with Gasteiger partial charge in [-0.1, -0.05) is 69.7 Å². The van der Waals surface area contributed by atoms with Crippen molar-refractivity contribution in [3.05, 3.63) is 76.0 Å². The highest BCUT2D eigenvalue weighted by atomic mass is 16.4. The minimum atomic E-state index is -0.977. The smallest absolute Gasteiger partial charge is 0.353 e. The summed E-state index contributed by atoms with van der Waals surface area (Å²) < 4.78 is 2.58. The Balaban J connectivity index is 1.93. The minimum absolute atomic E-state index is 0.0321. The third-order valence-corrected chi connectivity index (χ3v) is 5.69. The number of hydrogen-bond donors (Lipinski definition) is 1. The van der Waals surface area contributed by atoms with Gasteiger partial charge in [0.05, 0.1) is 12.1 Å². The van der Waals surface area contributed by atoms with Gasteiger partial charge in [0.25, 0.3) is 5.91 Å². The SMILES string of the molecule is CCCCC(=O)n1nc(C(C)CC)n(Cc2ccc(-c3ccccc3C(=O)O)cc2)c1=O. The predicted molar refractivity (Wildman–Crippen MR) is 123 cm³/mol. The van der Waals surface area contributed by atoms with Crippen molar-refractivity contribution < 1.29 is 14.7 Å². The lowest BCUT2D eigenvalue weighted by molar-refractivity contribution is 0.0697. The summed E-state index contributed by atoms with van der Waals surface area (Å²) in [6.45, 7) is 6.30. The van der Waals surface area contributed by atoms with E-state index in [0.717, 1.165) is 35.1 Å². The van der Waals surface area contributed by atoms with Crippen molar-refractivity contribution in [1.29, 1.82) is 0 Å². The largest absolute Gasteiger partial charge is 0.478 e. The van der Waals surface area contributed by atoms with Crippen LogP contribution in [0.15, 0.2) is 53.3 Å². The molecule has 32 heavy (non-hydrogen) atoms. The number of carbonyl (C=O) groups is 2. The Morgan fingerprint density at radius 2 is 1.75 bits per heavy atom. The molecule has 3 rings (SSSR count). The number of carboxylic acids is 1. The van der Waals surface area contributed by atoms with Crippen LogP contribution in [0.4, 0.5) is 0 Å². The second-order valence-corrected chi connectivity index (χ2v) is 7.99. The maximum atomic E-state index is 13.0. The van der Waals surface area contributed by atoms with Gasteiger partial charge in [0.1, 0.15) is 5.82 Å². The molecule has 0 saturated heterocycles. The zero-order valence-electron chi connectivity index (χ0n) is 18.7. The van der Waals surface area contributed by atoms with Gasteiger partial charge < -0.3 is 5.11 Å². The van der Waals surface area contributed by atoms with Crippen LogP contribution in [0.2, 0.25) is 0 Å². The van der Waals surface area contributed by atoms with Gasteiger partial charge >= 0.3 is 11.7 Å². The second kappa shape index (κ2) is 10.2. The van der Waals surface area contributed by atoms with E-state index in [1.807, 2.05) is 45.0 Å². The zero-order valence-corrected chi connectivity index (χ0v) is 18.7. The lowest BCUT2D eigenvalue weighted by atomic mass is 9.98. The number of carboxylic acid groups (broad SMARTS) is 1. The van der Waals surface area contributed by atoms with Crippen LogP contribution in [0, 0.1) is 0 Å². The number of nitrogens with zero attached hydrogens (tertiary/aromatic N) is 3. The number of unbranched alkanes of at least 4 members (excludes halogenated alkanes) is 1. The Kier molecular flexibility index (Phi) is 7.41. The molecule has 0 bridgehead atoms. The number of aromatic carboxylic acids is 1. The highest BCUT2D eigenvalue weighted by molar-refractivity contribution is 5.96. The Labute approximate surface area is 187 Å². The molecule has 1 aromatic heterocycles. The molecule has 3 aromatic rings. The highest BCUT2D eigenvalue weighted by Crippen LogP contribution is 2.25. The fraction of sp³-hybridized carbons (Fsp3) is 0.360. The first-order valence-corrected chi connectivity index (χ1v) is 11.0. The van der Waals surface area contributed by atoms with Crippen molar-refractivity contribution in [1.82, 2.24) is 14.3 Å². The quantitative estimate of drug-likeness (QED) is 0.521. The van der Waals surface area contributed by atoms with Crippen molar-refractivity contribution in [2.24, 2.45) is 0 Å². The van der Waals surface area contributed by atoms with Crippen LogP contribution in [0.5, 0.6) is 0 Å². The average Bonchev–Trinajstić information content (AvgIpc) is 3.13. The Morgan fingerprint density at radius 3 is 2.38 bits per heavy atom. The summed E-state index contributed by atoms with van der Waals surface area (Å²) in [5, 5.41) is 13.8. The number of rotatable bonds is 9. The molecule has 2 aromatic carbocycles. The minimum Gasteiger partial charge on any atom is -0.478 e. The third-order valence-electron chi connectivity index (χ3n) is 5.69. The topological polar surface area (TPSA) is 94.2 Å². The first-order valence-electron chi connectivity index (χ1n) is 11.0. The molecule has 0 saturated carbocycles. The second-order valence-electron chi connectivity index (χ2n) is 7.99. The van der Waals surface area contributed by atoms with Gasteiger partial charge in [-0.25, -0.2) is 9.59 Å². The molecule has 1 unspecified atom stereocenters. The fourth-order valence-corrected chi connectivity index (χ4v) is 3.60. The van der Waals surface area contributed by atoms with Crippen LogP contribution in [0.1, 0.15) is 78.9 Å². The molecule has 0 radical (unpaired) electrons. The molecule has 0 fully saturated rings. The molecule has 0 aliphatic rings. The van der Waals surface area contributed by atoms with Crippen LogP contribution in [0.25, 0.3) is 11.1 Å². The lowest BCUT2D eigenvalue weighted by Crippen LogP contribution is -2.30. The molecule has 7 nitrogen and oxygen atoms in total. The van der Waals surface area contributed by atoms with E-state index in [1.165, 1.54) is 0 Å². The van der Waals surface area contributed by atoms with Gasteiger partial charge in [0, 0.05) is 12.3 Å². The lowest BCUT2D eigenvalue weighted by Gasteiger charge is -2.11. The average molecular weight is 436 g/mol. The Hall–Kier alpha value is -3.48. The zero-order chi connectivity index (χ0) is 23.3. The molecule has 0 aliphatic heterocycles. The van der Waals surface area contributed by atoms with Crippen LogP contribution in [0.3, 0.4) is 0 Å². The number of benzene rings is 2. The summed E-state index contributed by atoms with van der Waals surface area (Å²) in [5.41, 5.74) is 2.11. The van der Waals surface area contributed by atoms with Crippen LogP contribution < -0.4 is 5.69 Å². The number of hydrogen-bond acceptors (Lipinski definition) is 4. The molecular weight excluding hydrogens is 406 g/mol. The Bertz CT molecular complexity index is 1160. The maximum absolute atomic E-state index is 13.0. The summed E-state index contributed by atoms with van der Waals surface area (Å²) in [7, 11) is 0. The predicted octanol–water partition coefficient (Wildman–Crippen LogP) is 4.80. The molecule has 0 spiro atoms. The van der Waals surface area contributed by atoms with Crippen molar-refractivity contribution in [3.63, 3.8) is 0 Å². The van der Waals surface area contributed by atoms with Crippen molar-refractivity contribution in [2.75, 3.05) is 0 Å². The van der Waals surface area contributed by atoms with Crippen molar-refractivity contribution in [3.8, 4) is 11.1 Å². The van der Waals surface area contributed by atoms with E-state index < -0.39 is 11.7 Å². The molecule has 1 heterocycles. The summed E-state index contributed by atoms with van der Waals surface area (Å²) >= 11 is 0. The standard InChI is InChI=1S/C25H29N3O4/c1-4-6-11-22(29)28-25(32)27(23(26-28)17(3)5-2)16-18-12-14-19(15-13-18)20-9-7-8-10-21(20)24(30)31/h7-10,12-15,17H,4-6,11,16H2,1-3H3,(H,30,31). The number of carbonyl (C=O) groups excluding carboxylic acids is 1. The molecule has 1 atom stereocenters. The van der Waals surface area contributed by atoms with Crippen LogP contribution >= 0.6 is 0 Å². The van der Waals surface area contributed by atoms with E-state index >= 15 is 0 Å². The molecule has 0 amide bonds. The Morgan fingerprint density at radius 1 is 1.06 bits per heavy atom. The summed E-state index contributed by atoms with van der Waals surface area (Å²) in [6.07, 6.45) is 2.68. The van der Waals surface area contributed by atoms with Crippen LogP contribution in [-0.4, -0.2) is 31.3 Å². The van der Waals surface area contributed by atoms with E-state index in [1.54, 1.807) is 28.8 Å². The van der Waals surface area contributed by atoms with Gasteiger partial charge in [-0.15, -0.1) is 9.78 Å². The molecular formula is C25H29N3O4. The monoisotopic (exact) mass is 435 g/mol.